The minimum Gasteiger partial charge on any atom is -0.392 e. The Balaban J connectivity index is 2.66. The maximum Gasteiger partial charge on any atom is 0.416 e. The summed E-state index contributed by atoms with van der Waals surface area (Å²) in [5.74, 6) is 0. The van der Waals surface area contributed by atoms with E-state index in [0.29, 0.717) is 0 Å². The van der Waals surface area contributed by atoms with E-state index in [9.17, 15) is 18.3 Å². The first kappa shape index (κ1) is 14.9. The average molecular weight is 263 g/mol. The summed E-state index contributed by atoms with van der Waals surface area (Å²) in [6.45, 7) is 1.94. The molecule has 0 aromatic heterocycles. The number of hydrogen-bond acceptors (Lipinski definition) is 3. The molecular formula is C12H16F3NO2. The van der Waals surface area contributed by atoms with Crippen LogP contribution in [-0.4, -0.2) is 29.4 Å². The van der Waals surface area contributed by atoms with Crippen molar-refractivity contribution in [1.29, 1.82) is 0 Å². The van der Waals surface area contributed by atoms with E-state index in [1.807, 2.05) is 0 Å². The molecule has 0 fully saturated rings. The SMILES string of the molecule is C[C@H](O)CNCC(O)c1cccc(C(F)(F)F)c1. The standard InChI is InChI=1S/C12H16F3NO2/c1-8(17)6-16-7-11(18)9-3-2-4-10(5-9)12(13,14)15/h2-5,8,11,16-18H,6-7H2,1H3/t8-,11?/m0/s1. The predicted molar refractivity (Wildman–Crippen MR) is 61.0 cm³/mol. The van der Waals surface area contributed by atoms with Crippen molar-refractivity contribution < 1.29 is 23.4 Å². The molecular weight excluding hydrogens is 247 g/mol. The fourth-order valence-corrected chi connectivity index (χ4v) is 1.47. The number of halogens is 3. The summed E-state index contributed by atoms with van der Waals surface area (Å²) in [5.41, 5.74) is -0.586. The highest BCUT2D eigenvalue weighted by Gasteiger charge is 2.30. The first-order valence-electron chi connectivity index (χ1n) is 5.54. The summed E-state index contributed by atoms with van der Waals surface area (Å²) >= 11 is 0. The van der Waals surface area contributed by atoms with Gasteiger partial charge >= 0.3 is 6.18 Å². The Kier molecular flexibility index (Phi) is 5.13. The van der Waals surface area contributed by atoms with E-state index in [2.05, 4.69) is 5.32 Å². The zero-order valence-corrected chi connectivity index (χ0v) is 9.91. The van der Waals surface area contributed by atoms with Crippen LogP contribution in [0.4, 0.5) is 13.2 Å². The lowest BCUT2D eigenvalue weighted by molar-refractivity contribution is -0.137. The van der Waals surface area contributed by atoms with Crippen LogP contribution in [0.25, 0.3) is 0 Å². The predicted octanol–water partition coefficient (Wildman–Crippen LogP) is 1.71. The summed E-state index contributed by atoms with van der Waals surface area (Å²) in [4.78, 5) is 0. The number of aliphatic hydroxyl groups is 2. The van der Waals surface area contributed by atoms with Crippen LogP contribution in [-0.2, 0) is 6.18 Å². The number of hydrogen-bond donors (Lipinski definition) is 3. The summed E-state index contributed by atoms with van der Waals surface area (Å²) in [6.07, 6.45) is -6.02. The van der Waals surface area contributed by atoms with Gasteiger partial charge in [-0.05, 0) is 24.6 Å². The van der Waals surface area contributed by atoms with Crippen LogP contribution in [0.1, 0.15) is 24.2 Å². The van der Waals surface area contributed by atoms with Crippen molar-refractivity contribution in [3.05, 3.63) is 35.4 Å². The highest BCUT2D eigenvalue weighted by Crippen LogP contribution is 2.30. The minimum atomic E-state index is -4.41. The molecule has 3 nitrogen and oxygen atoms in total. The van der Waals surface area contributed by atoms with Gasteiger partial charge in [-0.25, -0.2) is 0 Å². The molecule has 0 heterocycles. The van der Waals surface area contributed by atoms with E-state index in [0.717, 1.165) is 12.1 Å². The zero-order valence-electron chi connectivity index (χ0n) is 9.91. The molecule has 1 aromatic carbocycles. The molecule has 1 aromatic rings. The summed E-state index contributed by atoms with van der Waals surface area (Å²) in [5, 5.41) is 21.5. The van der Waals surface area contributed by atoms with Crippen molar-refractivity contribution in [1.82, 2.24) is 5.32 Å². The van der Waals surface area contributed by atoms with Gasteiger partial charge in [0, 0.05) is 13.1 Å². The number of rotatable bonds is 5. The highest BCUT2D eigenvalue weighted by atomic mass is 19.4. The molecule has 102 valence electrons. The maximum atomic E-state index is 12.5. The van der Waals surface area contributed by atoms with E-state index in [4.69, 9.17) is 5.11 Å². The van der Waals surface area contributed by atoms with Crippen LogP contribution >= 0.6 is 0 Å². The molecule has 0 aliphatic rings. The molecule has 18 heavy (non-hydrogen) atoms. The van der Waals surface area contributed by atoms with Gasteiger partial charge in [0.1, 0.15) is 0 Å². The van der Waals surface area contributed by atoms with Crippen LogP contribution in [0.5, 0.6) is 0 Å². The van der Waals surface area contributed by atoms with Gasteiger partial charge in [0.25, 0.3) is 0 Å². The Morgan fingerprint density at radius 3 is 2.44 bits per heavy atom. The normalized spacial score (nSPS) is 15.4. The lowest BCUT2D eigenvalue weighted by Gasteiger charge is -2.15. The molecule has 0 spiro atoms. The first-order chi connectivity index (χ1) is 8.30. The van der Waals surface area contributed by atoms with Crippen LogP contribution in [0.15, 0.2) is 24.3 Å². The zero-order chi connectivity index (χ0) is 13.8. The van der Waals surface area contributed by atoms with Gasteiger partial charge in [-0.2, -0.15) is 13.2 Å². The summed E-state index contributed by atoms with van der Waals surface area (Å²) in [7, 11) is 0. The van der Waals surface area contributed by atoms with Crippen LogP contribution in [0, 0.1) is 0 Å². The van der Waals surface area contributed by atoms with Crippen molar-refractivity contribution in [3.8, 4) is 0 Å². The Labute approximate surface area is 103 Å². The lowest BCUT2D eigenvalue weighted by atomic mass is 10.1. The van der Waals surface area contributed by atoms with Crippen LogP contribution in [0.2, 0.25) is 0 Å². The number of aliphatic hydroxyl groups excluding tert-OH is 2. The van der Waals surface area contributed by atoms with E-state index in [1.165, 1.54) is 12.1 Å². The van der Waals surface area contributed by atoms with Crippen LogP contribution < -0.4 is 5.32 Å². The third-order valence-electron chi connectivity index (χ3n) is 2.38. The molecule has 0 amide bonds. The second kappa shape index (κ2) is 6.17. The van der Waals surface area contributed by atoms with Crippen LogP contribution in [0.3, 0.4) is 0 Å². The first-order valence-corrected chi connectivity index (χ1v) is 5.54. The topological polar surface area (TPSA) is 52.5 Å². The summed E-state index contributed by atoms with van der Waals surface area (Å²) in [6, 6.07) is 4.58. The van der Waals surface area contributed by atoms with Crippen molar-refractivity contribution in [2.45, 2.75) is 25.3 Å². The molecule has 0 radical (unpaired) electrons. The second-order valence-corrected chi connectivity index (χ2v) is 4.15. The molecule has 0 aliphatic heterocycles. The lowest BCUT2D eigenvalue weighted by Crippen LogP contribution is -2.28. The van der Waals surface area contributed by atoms with E-state index >= 15 is 0 Å². The summed E-state index contributed by atoms with van der Waals surface area (Å²) < 4.78 is 37.4. The highest BCUT2D eigenvalue weighted by molar-refractivity contribution is 5.27. The number of nitrogens with one attached hydrogen (secondary N) is 1. The molecule has 1 rings (SSSR count). The Hall–Kier alpha value is -1.11. The molecule has 0 saturated carbocycles. The van der Waals surface area contributed by atoms with Gasteiger partial charge in [-0.3, -0.25) is 0 Å². The Bertz CT molecular complexity index is 380. The van der Waals surface area contributed by atoms with Gasteiger partial charge in [-0.1, -0.05) is 12.1 Å². The molecule has 6 heteroatoms. The second-order valence-electron chi connectivity index (χ2n) is 4.15. The Morgan fingerprint density at radius 2 is 1.89 bits per heavy atom. The Morgan fingerprint density at radius 1 is 1.22 bits per heavy atom. The molecule has 3 N–H and O–H groups in total. The number of alkyl halides is 3. The monoisotopic (exact) mass is 263 g/mol. The average Bonchev–Trinajstić information content (AvgIpc) is 2.27. The third kappa shape index (κ3) is 4.64. The molecule has 0 bridgehead atoms. The van der Waals surface area contributed by atoms with Crippen molar-refractivity contribution in [2.75, 3.05) is 13.1 Å². The smallest absolute Gasteiger partial charge is 0.392 e. The number of benzene rings is 1. The van der Waals surface area contributed by atoms with E-state index < -0.39 is 23.9 Å². The van der Waals surface area contributed by atoms with Crippen molar-refractivity contribution in [2.24, 2.45) is 0 Å². The fourth-order valence-electron chi connectivity index (χ4n) is 1.47. The largest absolute Gasteiger partial charge is 0.416 e. The minimum absolute atomic E-state index is 0.0895. The van der Waals surface area contributed by atoms with Gasteiger partial charge in [0.05, 0.1) is 17.8 Å². The van der Waals surface area contributed by atoms with E-state index in [1.54, 1.807) is 6.92 Å². The van der Waals surface area contributed by atoms with E-state index in [-0.39, 0.29) is 18.7 Å². The van der Waals surface area contributed by atoms with Gasteiger partial charge in [0.15, 0.2) is 0 Å². The maximum absolute atomic E-state index is 12.5. The molecule has 1 unspecified atom stereocenters. The van der Waals surface area contributed by atoms with Gasteiger partial charge < -0.3 is 15.5 Å². The molecule has 0 aliphatic carbocycles. The quantitative estimate of drug-likeness (QED) is 0.758. The molecule has 0 saturated heterocycles. The van der Waals surface area contributed by atoms with Crippen molar-refractivity contribution in [3.63, 3.8) is 0 Å². The fraction of sp³-hybridized carbons (Fsp3) is 0.500. The molecule has 2 atom stereocenters. The third-order valence-corrected chi connectivity index (χ3v) is 2.38. The van der Waals surface area contributed by atoms with Gasteiger partial charge in [-0.15, -0.1) is 0 Å². The van der Waals surface area contributed by atoms with Crippen molar-refractivity contribution >= 4 is 0 Å². The van der Waals surface area contributed by atoms with Gasteiger partial charge in [0.2, 0.25) is 0 Å².